The lowest BCUT2D eigenvalue weighted by Crippen LogP contribution is -2.11. The Kier molecular flexibility index (Phi) is 5.25. The van der Waals surface area contributed by atoms with E-state index in [4.69, 9.17) is 5.73 Å². The van der Waals surface area contributed by atoms with Gasteiger partial charge in [0.05, 0.1) is 17.4 Å². The number of carbonyl (C=O) groups is 1. The third-order valence-corrected chi connectivity index (χ3v) is 4.15. The van der Waals surface area contributed by atoms with Gasteiger partial charge in [-0.15, -0.1) is 0 Å². The quantitative estimate of drug-likeness (QED) is 0.548. The minimum absolute atomic E-state index is 0.269. The van der Waals surface area contributed by atoms with Gasteiger partial charge in [0.2, 0.25) is 0 Å². The molecule has 2 aromatic heterocycles. The van der Waals surface area contributed by atoms with Gasteiger partial charge in [-0.1, -0.05) is 27.9 Å². The van der Waals surface area contributed by atoms with Crippen molar-refractivity contribution in [2.24, 2.45) is 0 Å². The molecule has 0 fully saturated rings. The van der Waals surface area contributed by atoms with Crippen molar-refractivity contribution in [2.75, 3.05) is 22.0 Å². The number of nitrogens with zero attached hydrogens (tertiary/aromatic N) is 3. The molecule has 0 aliphatic rings. The maximum absolute atomic E-state index is 12.5. The number of aromatic nitrogens is 3. The first-order valence-corrected chi connectivity index (χ1v) is 9.25. The predicted molar refractivity (Wildman–Crippen MR) is 105 cm³/mol. The second-order valence-corrected chi connectivity index (χ2v) is 6.61. The molecule has 0 radical (unpaired) electrons. The Morgan fingerprint density at radius 1 is 1.32 bits per heavy atom. The van der Waals surface area contributed by atoms with E-state index in [-0.39, 0.29) is 5.91 Å². The van der Waals surface area contributed by atoms with Crippen LogP contribution in [-0.4, -0.2) is 26.9 Å². The van der Waals surface area contributed by atoms with Crippen LogP contribution in [0, 0.1) is 0 Å². The summed E-state index contributed by atoms with van der Waals surface area (Å²) in [6, 6.07) is 9.06. The molecule has 2 heterocycles. The molecule has 1 amide bonds. The molecule has 4 N–H and O–H groups in total. The molecular weight excluding hydrogens is 404 g/mol. The fraction of sp³-hybridized carbons (Fsp3) is 0.0625. The molecule has 0 saturated carbocycles. The number of carbonyl (C=O) groups excluding carboxylic acids is 1. The van der Waals surface area contributed by atoms with E-state index >= 15 is 0 Å². The zero-order valence-corrected chi connectivity index (χ0v) is 15.6. The van der Waals surface area contributed by atoms with Gasteiger partial charge in [-0.3, -0.25) is 4.79 Å². The van der Waals surface area contributed by atoms with E-state index in [2.05, 4.69) is 36.1 Å². The number of anilines is 3. The van der Waals surface area contributed by atoms with Gasteiger partial charge >= 0.3 is 0 Å². The standard InChI is InChI=1S/C16H15BrN6OS/c1-25-22-13-6-11(17)5-12(7-13)21-16(24)10-8-20-23(9-10)15-14(18)3-2-4-19-15/h2-9,22H,18H2,1H3,(H,21,24). The molecule has 0 aliphatic heterocycles. The fourth-order valence-corrected chi connectivity index (χ4v) is 3.05. The normalized spacial score (nSPS) is 10.5. The lowest BCUT2D eigenvalue weighted by Gasteiger charge is -2.08. The molecule has 1 aromatic carbocycles. The summed E-state index contributed by atoms with van der Waals surface area (Å²) in [6.45, 7) is 0. The molecule has 3 rings (SSSR count). The highest BCUT2D eigenvalue weighted by molar-refractivity contribution is 9.10. The predicted octanol–water partition coefficient (Wildman–Crippen LogP) is 3.55. The van der Waals surface area contributed by atoms with Crippen LogP contribution in [0.25, 0.3) is 5.82 Å². The van der Waals surface area contributed by atoms with Gasteiger partial charge in [0.15, 0.2) is 5.82 Å². The minimum Gasteiger partial charge on any atom is -0.396 e. The van der Waals surface area contributed by atoms with Crippen molar-refractivity contribution in [3.8, 4) is 5.82 Å². The van der Waals surface area contributed by atoms with Gasteiger partial charge in [0.1, 0.15) is 0 Å². The summed E-state index contributed by atoms with van der Waals surface area (Å²) in [5.41, 5.74) is 8.33. The van der Waals surface area contributed by atoms with Crippen molar-refractivity contribution >= 4 is 50.8 Å². The smallest absolute Gasteiger partial charge is 0.258 e. The number of amides is 1. The Labute approximate surface area is 157 Å². The first kappa shape index (κ1) is 17.3. The van der Waals surface area contributed by atoms with E-state index in [1.165, 1.54) is 22.8 Å². The third kappa shape index (κ3) is 4.12. The Morgan fingerprint density at radius 2 is 2.12 bits per heavy atom. The summed E-state index contributed by atoms with van der Waals surface area (Å²) in [4.78, 5) is 16.6. The van der Waals surface area contributed by atoms with Crippen LogP contribution >= 0.6 is 27.9 Å². The number of rotatable bonds is 5. The van der Waals surface area contributed by atoms with Gasteiger partial charge < -0.3 is 15.8 Å². The van der Waals surface area contributed by atoms with Crippen LogP contribution in [0.2, 0.25) is 0 Å². The fourth-order valence-electron chi connectivity index (χ4n) is 2.20. The van der Waals surface area contributed by atoms with Crippen LogP contribution in [0.1, 0.15) is 10.4 Å². The number of nitrogens with two attached hydrogens (primary N) is 1. The number of halogens is 1. The SMILES string of the molecule is CSNc1cc(Br)cc(NC(=O)c2cnn(-c3ncccc3N)c2)c1. The number of benzene rings is 1. The molecule has 0 atom stereocenters. The molecule has 0 bridgehead atoms. The van der Waals surface area contributed by atoms with Crippen LogP contribution in [0.3, 0.4) is 0 Å². The van der Waals surface area contributed by atoms with Crippen molar-refractivity contribution in [3.63, 3.8) is 0 Å². The van der Waals surface area contributed by atoms with Crippen LogP contribution in [0.4, 0.5) is 17.1 Å². The monoisotopic (exact) mass is 418 g/mol. The molecule has 3 aromatic rings. The Hall–Kier alpha value is -2.52. The maximum atomic E-state index is 12.5. The highest BCUT2D eigenvalue weighted by Crippen LogP contribution is 2.25. The lowest BCUT2D eigenvalue weighted by molar-refractivity contribution is 0.102. The molecule has 7 nitrogen and oxygen atoms in total. The van der Waals surface area contributed by atoms with Crippen molar-refractivity contribution in [1.29, 1.82) is 0 Å². The summed E-state index contributed by atoms with van der Waals surface area (Å²) < 4.78 is 5.47. The number of hydrogen-bond acceptors (Lipinski definition) is 6. The first-order valence-electron chi connectivity index (χ1n) is 7.23. The summed E-state index contributed by atoms with van der Waals surface area (Å²) in [7, 11) is 0. The summed E-state index contributed by atoms with van der Waals surface area (Å²) in [6.07, 6.45) is 6.61. The largest absolute Gasteiger partial charge is 0.396 e. The Balaban J connectivity index is 1.80. The highest BCUT2D eigenvalue weighted by Gasteiger charge is 2.12. The van der Waals surface area contributed by atoms with Gasteiger partial charge in [-0.05, 0) is 30.3 Å². The van der Waals surface area contributed by atoms with E-state index in [1.54, 1.807) is 24.5 Å². The third-order valence-electron chi connectivity index (χ3n) is 3.25. The molecular formula is C16H15BrN6OS. The average Bonchev–Trinajstić information content (AvgIpc) is 3.05. The van der Waals surface area contributed by atoms with Crippen molar-refractivity contribution < 1.29 is 4.79 Å². The zero-order chi connectivity index (χ0) is 17.8. The molecule has 25 heavy (non-hydrogen) atoms. The van der Waals surface area contributed by atoms with Gasteiger partial charge in [0.25, 0.3) is 5.91 Å². The second-order valence-electron chi connectivity index (χ2n) is 5.08. The first-order chi connectivity index (χ1) is 12.1. The minimum atomic E-state index is -0.269. The molecule has 0 aliphatic carbocycles. The molecule has 0 saturated heterocycles. The Bertz CT molecular complexity index is 913. The summed E-state index contributed by atoms with van der Waals surface area (Å²) in [5, 5.41) is 7.02. The lowest BCUT2D eigenvalue weighted by atomic mass is 10.2. The van der Waals surface area contributed by atoms with Crippen molar-refractivity contribution in [3.05, 3.63) is 59.0 Å². The summed E-state index contributed by atoms with van der Waals surface area (Å²) in [5.74, 6) is 0.212. The van der Waals surface area contributed by atoms with E-state index < -0.39 is 0 Å². The molecule has 0 unspecified atom stereocenters. The van der Waals surface area contributed by atoms with Crippen LogP contribution in [0.15, 0.2) is 53.4 Å². The van der Waals surface area contributed by atoms with Gasteiger partial charge in [0, 0.05) is 34.5 Å². The van der Waals surface area contributed by atoms with Crippen LogP contribution in [0.5, 0.6) is 0 Å². The second kappa shape index (κ2) is 7.58. The molecule has 9 heteroatoms. The van der Waals surface area contributed by atoms with Crippen molar-refractivity contribution in [2.45, 2.75) is 0 Å². The number of nitrogen functional groups attached to an aromatic ring is 1. The maximum Gasteiger partial charge on any atom is 0.258 e. The van der Waals surface area contributed by atoms with Crippen molar-refractivity contribution in [1.82, 2.24) is 14.8 Å². The summed E-state index contributed by atoms with van der Waals surface area (Å²) >= 11 is 4.91. The van der Waals surface area contributed by atoms with E-state index in [9.17, 15) is 4.79 Å². The average molecular weight is 419 g/mol. The van der Waals surface area contributed by atoms with E-state index in [0.29, 0.717) is 22.8 Å². The number of hydrogen-bond donors (Lipinski definition) is 3. The van der Waals surface area contributed by atoms with Crippen LogP contribution in [-0.2, 0) is 0 Å². The molecule has 0 spiro atoms. The van der Waals surface area contributed by atoms with Gasteiger partial charge in [-0.2, -0.15) is 5.10 Å². The van der Waals surface area contributed by atoms with Crippen LogP contribution < -0.4 is 15.8 Å². The Morgan fingerprint density at radius 3 is 2.88 bits per heavy atom. The van der Waals surface area contributed by atoms with E-state index in [0.717, 1.165) is 10.2 Å². The van der Waals surface area contributed by atoms with Gasteiger partial charge in [-0.25, -0.2) is 9.67 Å². The topological polar surface area (TPSA) is 97.9 Å². The zero-order valence-electron chi connectivity index (χ0n) is 13.2. The van der Waals surface area contributed by atoms with E-state index in [1.807, 2.05) is 24.5 Å². The number of nitrogens with one attached hydrogen (secondary N) is 2. The highest BCUT2D eigenvalue weighted by atomic mass is 79.9. The number of pyridine rings is 1. The molecule has 128 valence electrons.